The molecule has 1 N–H and O–H groups in total. The normalized spacial score (nSPS) is 10.3. The molecule has 0 radical (unpaired) electrons. The van der Waals surface area contributed by atoms with Crippen LogP contribution in [0.2, 0.25) is 5.02 Å². The maximum absolute atomic E-state index is 13.5. The molecule has 1 amide bonds. The van der Waals surface area contributed by atoms with Gasteiger partial charge in [0.15, 0.2) is 6.61 Å². The van der Waals surface area contributed by atoms with Crippen molar-refractivity contribution in [2.24, 2.45) is 0 Å². The summed E-state index contributed by atoms with van der Waals surface area (Å²) in [5, 5.41) is 2.79. The van der Waals surface area contributed by atoms with E-state index in [4.69, 9.17) is 16.3 Å². The van der Waals surface area contributed by atoms with Crippen LogP contribution in [0.3, 0.4) is 0 Å². The van der Waals surface area contributed by atoms with Crippen LogP contribution in [0.1, 0.15) is 11.1 Å². The molecular formula is C16H15ClFNO2. The van der Waals surface area contributed by atoms with Crippen LogP contribution in [0.15, 0.2) is 36.4 Å². The minimum absolute atomic E-state index is 0.0394. The highest BCUT2D eigenvalue weighted by atomic mass is 35.5. The van der Waals surface area contributed by atoms with E-state index in [0.29, 0.717) is 10.8 Å². The molecule has 0 heterocycles. The summed E-state index contributed by atoms with van der Waals surface area (Å²) in [5.74, 6) is -0.321. The number of carbonyl (C=O) groups excluding carboxylic acids is 1. The van der Waals surface area contributed by atoms with Gasteiger partial charge in [0.1, 0.15) is 11.6 Å². The Morgan fingerprint density at radius 3 is 2.57 bits per heavy atom. The van der Waals surface area contributed by atoms with E-state index in [1.807, 2.05) is 32.0 Å². The minimum Gasteiger partial charge on any atom is -0.483 e. The lowest BCUT2D eigenvalue weighted by atomic mass is 10.1. The molecule has 2 aromatic rings. The van der Waals surface area contributed by atoms with Crippen LogP contribution in [-0.2, 0) is 4.79 Å². The van der Waals surface area contributed by atoms with E-state index in [2.05, 4.69) is 5.32 Å². The van der Waals surface area contributed by atoms with Gasteiger partial charge in [0.25, 0.3) is 5.91 Å². The molecule has 0 spiro atoms. The number of hydrogen-bond donors (Lipinski definition) is 1. The van der Waals surface area contributed by atoms with Crippen LogP contribution < -0.4 is 10.1 Å². The summed E-state index contributed by atoms with van der Waals surface area (Å²) in [6.45, 7) is 3.60. The van der Waals surface area contributed by atoms with Crippen LogP contribution in [0.5, 0.6) is 5.75 Å². The first-order valence-corrected chi connectivity index (χ1v) is 6.79. The Hall–Kier alpha value is -2.07. The second kappa shape index (κ2) is 6.59. The van der Waals surface area contributed by atoms with Gasteiger partial charge in [0, 0.05) is 5.02 Å². The fourth-order valence-electron chi connectivity index (χ4n) is 1.94. The summed E-state index contributed by atoms with van der Waals surface area (Å²) in [7, 11) is 0. The summed E-state index contributed by atoms with van der Waals surface area (Å²) in [6, 6.07) is 9.69. The molecule has 0 unspecified atom stereocenters. The molecular weight excluding hydrogens is 293 g/mol. The molecule has 0 atom stereocenters. The van der Waals surface area contributed by atoms with Crippen molar-refractivity contribution in [1.29, 1.82) is 0 Å². The Labute approximate surface area is 127 Å². The second-order valence-electron chi connectivity index (χ2n) is 4.68. The summed E-state index contributed by atoms with van der Waals surface area (Å²) in [6.07, 6.45) is 0. The number of nitrogens with one attached hydrogen (secondary N) is 1. The standard InChI is InChI=1S/C16H15ClFNO2/c1-10-4-3-5-11(2)16(10)21-9-15(20)19-14-8-12(17)6-7-13(14)18/h3-8H,9H2,1-2H3,(H,19,20). The SMILES string of the molecule is Cc1cccc(C)c1OCC(=O)Nc1cc(Cl)ccc1F. The van der Waals surface area contributed by atoms with E-state index < -0.39 is 11.7 Å². The van der Waals surface area contributed by atoms with Gasteiger partial charge in [-0.15, -0.1) is 0 Å². The molecule has 0 aromatic heterocycles. The van der Waals surface area contributed by atoms with Gasteiger partial charge >= 0.3 is 0 Å². The van der Waals surface area contributed by atoms with Crippen molar-refractivity contribution in [3.63, 3.8) is 0 Å². The number of carbonyl (C=O) groups is 1. The van der Waals surface area contributed by atoms with Crippen LogP contribution in [0.4, 0.5) is 10.1 Å². The first-order valence-electron chi connectivity index (χ1n) is 6.41. The van der Waals surface area contributed by atoms with Crippen molar-refractivity contribution in [2.75, 3.05) is 11.9 Å². The number of benzene rings is 2. The van der Waals surface area contributed by atoms with E-state index in [1.54, 1.807) is 0 Å². The van der Waals surface area contributed by atoms with Gasteiger partial charge in [0.2, 0.25) is 0 Å². The average Bonchev–Trinajstić information content (AvgIpc) is 2.42. The lowest BCUT2D eigenvalue weighted by molar-refractivity contribution is -0.118. The first kappa shape index (κ1) is 15.3. The number of ether oxygens (including phenoxy) is 1. The molecule has 0 aliphatic rings. The van der Waals surface area contributed by atoms with Gasteiger partial charge < -0.3 is 10.1 Å². The molecule has 110 valence electrons. The monoisotopic (exact) mass is 307 g/mol. The summed E-state index contributed by atoms with van der Waals surface area (Å²) < 4.78 is 19.0. The molecule has 3 nitrogen and oxygen atoms in total. The third-order valence-corrected chi connectivity index (χ3v) is 3.19. The van der Waals surface area contributed by atoms with Gasteiger partial charge in [-0.3, -0.25) is 4.79 Å². The lowest BCUT2D eigenvalue weighted by Crippen LogP contribution is -2.21. The van der Waals surface area contributed by atoms with Gasteiger partial charge in [-0.1, -0.05) is 29.8 Å². The topological polar surface area (TPSA) is 38.3 Å². The largest absolute Gasteiger partial charge is 0.483 e. The number of hydrogen-bond acceptors (Lipinski definition) is 2. The van der Waals surface area contributed by atoms with Crippen molar-refractivity contribution in [3.8, 4) is 5.75 Å². The molecule has 2 aromatic carbocycles. The van der Waals surface area contributed by atoms with Crippen molar-refractivity contribution < 1.29 is 13.9 Å². The molecule has 5 heteroatoms. The van der Waals surface area contributed by atoms with Crippen LogP contribution in [0, 0.1) is 19.7 Å². The fourth-order valence-corrected chi connectivity index (χ4v) is 2.12. The molecule has 0 saturated carbocycles. The molecule has 0 saturated heterocycles. The maximum Gasteiger partial charge on any atom is 0.262 e. The zero-order valence-corrected chi connectivity index (χ0v) is 12.5. The summed E-state index contributed by atoms with van der Waals surface area (Å²) in [5.41, 5.74) is 1.92. The van der Waals surface area contributed by atoms with Crippen molar-refractivity contribution in [3.05, 3.63) is 58.4 Å². The average molecular weight is 308 g/mol. The van der Waals surface area contributed by atoms with E-state index >= 15 is 0 Å². The van der Waals surface area contributed by atoms with E-state index in [1.165, 1.54) is 18.2 Å². The molecule has 2 rings (SSSR count). The Morgan fingerprint density at radius 2 is 1.90 bits per heavy atom. The predicted molar refractivity (Wildman–Crippen MR) is 81.5 cm³/mol. The van der Waals surface area contributed by atoms with Gasteiger partial charge in [-0.05, 0) is 43.2 Å². The van der Waals surface area contributed by atoms with Crippen LogP contribution in [0.25, 0.3) is 0 Å². The molecule has 21 heavy (non-hydrogen) atoms. The number of halogens is 2. The quantitative estimate of drug-likeness (QED) is 0.923. The Kier molecular flexibility index (Phi) is 4.81. The van der Waals surface area contributed by atoms with Crippen molar-refractivity contribution >= 4 is 23.2 Å². The minimum atomic E-state index is -0.542. The van der Waals surface area contributed by atoms with Gasteiger partial charge in [0.05, 0.1) is 5.69 Å². The van der Waals surface area contributed by atoms with Crippen molar-refractivity contribution in [1.82, 2.24) is 0 Å². The Balaban J connectivity index is 2.01. The third-order valence-electron chi connectivity index (χ3n) is 2.96. The number of para-hydroxylation sites is 1. The zero-order valence-electron chi connectivity index (χ0n) is 11.7. The number of anilines is 1. The fraction of sp³-hybridized carbons (Fsp3) is 0.188. The zero-order chi connectivity index (χ0) is 15.4. The van der Waals surface area contributed by atoms with Crippen LogP contribution in [-0.4, -0.2) is 12.5 Å². The highest BCUT2D eigenvalue weighted by molar-refractivity contribution is 6.30. The molecule has 0 fully saturated rings. The second-order valence-corrected chi connectivity index (χ2v) is 5.12. The van der Waals surface area contributed by atoms with E-state index in [-0.39, 0.29) is 12.3 Å². The van der Waals surface area contributed by atoms with Gasteiger partial charge in [-0.2, -0.15) is 0 Å². The molecule has 0 aliphatic heterocycles. The summed E-state index contributed by atoms with van der Waals surface area (Å²) in [4.78, 5) is 11.8. The molecule has 0 aliphatic carbocycles. The Bertz CT molecular complexity index is 653. The Morgan fingerprint density at radius 1 is 1.24 bits per heavy atom. The predicted octanol–water partition coefficient (Wildman–Crippen LogP) is 4.11. The number of amides is 1. The van der Waals surface area contributed by atoms with Crippen LogP contribution >= 0.6 is 11.6 Å². The van der Waals surface area contributed by atoms with Gasteiger partial charge in [-0.25, -0.2) is 4.39 Å². The number of rotatable bonds is 4. The van der Waals surface area contributed by atoms with E-state index in [0.717, 1.165) is 11.1 Å². The smallest absolute Gasteiger partial charge is 0.262 e. The highest BCUT2D eigenvalue weighted by Gasteiger charge is 2.10. The summed E-state index contributed by atoms with van der Waals surface area (Å²) >= 11 is 5.77. The first-order chi connectivity index (χ1) is 9.97. The van der Waals surface area contributed by atoms with Crippen molar-refractivity contribution in [2.45, 2.75) is 13.8 Å². The number of aryl methyl sites for hydroxylation is 2. The third kappa shape index (κ3) is 3.95. The maximum atomic E-state index is 13.5. The highest BCUT2D eigenvalue weighted by Crippen LogP contribution is 2.23. The lowest BCUT2D eigenvalue weighted by Gasteiger charge is -2.12. The van der Waals surface area contributed by atoms with E-state index in [9.17, 15) is 9.18 Å². The molecule has 0 bridgehead atoms.